The lowest BCUT2D eigenvalue weighted by Gasteiger charge is -2.16. The van der Waals surface area contributed by atoms with Gasteiger partial charge in [-0.25, -0.2) is 0 Å². The van der Waals surface area contributed by atoms with Gasteiger partial charge in [0.25, 0.3) is 0 Å². The van der Waals surface area contributed by atoms with Crippen LogP contribution in [0.1, 0.15) is 24.4 Å². The molecule has 0 aliphatic rings. The van der Waals surface area contributed by atoms with Crippen molar-refractivity contribution in [1.82, 2.24) is 14.8 Å². The van der Waals surface area contributed by atoms with Gasteiger partial charge in [0.2, 0.25) is 5.91 Å². The second-order valence-corrected chi connectivity index (χ2v) is 8.35. The monoisotopic (exact) mass is 472 g/mol. The van der Waals surface area contributed by atoms with E-state index in [2.05, 4.69) is 22.1 Å². The second kappa shape index (κ2) is 11.1. The average Bonchev–Trinajstić information content (AvgIpc) is 3.18. The number of hydrogen-bond donors (Lipinski definition) is 1. The van der Waals surface area contributed by atoms with Gasteiger partial charge in [0.15, 0.2) is 17.1 Å². The van der Waals surface area contributed by atoms with E-state index in [1.807, 2.05) is 48.7 Å². The molecule has 0 aliphatic heterocycles. The number of halogens is 1. The van der Waals surface area contributed by atoms with Crippen LogP contribution < -0.4 is 14.8 Å². The maximum absolute atomic E-state index is 12.5. The number of aromatic nitrogens is 3. The minimum Gasteiger partial charge on any atom is -0.497 e. The molecule has 0 radical (unpaired) electrons. The molecule has 1 aromatic heterocycles. The minimum absolute atomic E-state index is 0.157. The largest absolute Gasteiger partial charge is 0.497 e. The lowest BCUT2D eigenvalue weighted by molar-refractivity contribution is -0.113. The number of hydrogen-bond acceptors (Lipinski definition) is 6. The molecule has 2 aromatic carbocycles. The van der Waals surface area contributed by atoms with Gasteiger partial charge in [0.1, 0.15) is 11.5 Å². The summed E-state index contributed by atoms with van der Waals surface area (Å²) in [7, 11) is 1.61. The van der Waals surface area contributed by atoms with Crippen molar-refractivity contribution in [2.24, 2.45) is 0 Å². The van der Waals surface area contributed by atoms with Gasteiger partial charge in [-0.05, 0) is 43.7 Å². The van der Waals surface area contributed by atoms with Crippen molar-refractivity contribution in [2.75, 3.05) is 18.2 Å². The molecule has 168 valence electrons. The Morgan fingerprint density at radius 3 is 2.81 bits per heavy atom. The lowest BCUT2D eigenvalue weighted by Crippen LogP contribution is -2.16. The van der Waals surface area contributed by atoms with Crippen LogP contribution in [-0.4, -0.2) is 33.5 Å². The van der Waals surface area contributed by atoms with E-state index in [0.717, 1.165) is 5.56 Å². The van der Waals surface area contributed by atoms with Gasteiger partial charge in [-0.15, -0.1) is 16.8 Å². The molecule has 0 bridgehead atoms. The number of aryl methyl sites for hydroxylation is 1. The molecule has 7 nitrogen and oxygen atoms in total. The number of anilines is 1. The fourth-order valence-electron chi connectivity index (χ4n) is 2.98. The Hall–Kier alpha value is -2.97. The minimum atomic E-state index is -0.369. The van der Waals surface area contributed by atoms with Gasteiger partial charge in [-0.1, -0.05) is 41.6 Å². The van der Waals surface area contributed by atoms with Gasteiger partial charge in [0, 0.05) is 23.3 Å². The first-order valence-corrected chi connectivity index (χ1v) is 11.3. The molecule has 1 heterocycles. The second-order valence-electron chi connectivity index (χ2n) is 6.98. The number of rotatable bonds is 10. The molecule has 0 saturated carbocycles. The van der Waals surface area contributed by atoms with E-state index < -0.39 is 0 Å². The summed E-state index contributed by atoms with van der Waals surface area (Å²) in [6.07, 6.45) is 1.39. The molecule has 9 heteroatoms. The molecular weight excluding hydrogens is 448 g/mol. The van der Waals surface area contributed by atoms with E-state index in [9.17, 15) is 4.79 Å². The Labute approximate surface area is 196 Å². The number of allylic oxidation sites excluding steroid dienone is 1. The molecule has 1 unspecified atom stereocenters. The van der Waals surface area contributed by atoms with Crippen LogP contribution in [-0.2, 0) is 11.3 Å². The van der Waals surface area contributed by atoms with E-state index in [-0.39, 0.29) is 17.8 Å². The molecule has 0 spiro atoms. The molecule has 1 amide bonds. The Morgan fingerprint density at radius 1 is 1.28 bits per heavy atom. The number of nitrogens with one attached hydrogen (secondary N) is 1. The van der Waals surface area contributed by atoms with Crippen LogP contribution in [0.3, 0.4) is 0 Å². The standard InChI is InChI=1S/C23H25ClN4O3S/c1-5-11-28-22(16(3)31-19-8-6-7-18(13-19)30-4)26-27-23(28)32-14-21(29)25-20-12-17(24)10-9-15(20)2/h5-10,12-13,16H,1,11,14H2,2-4H3,(H,25,29). The van der Waals surface area contributed by atoms with E-state index >= 15 is 0 Å². The fourth-order valence-corrected chi connectivity index (χ4v) is 3.91. The Morgan fingerprint density at radius 2 is 2.06 bits per heavy atom. The lowest BCUT2D eigenvalue weighted by atomic mass is 10.2. The SMILES string of the molecule is C=CCn1c(SCC(=O)Nc2cc(Cl)ccc2C)nnc1C(C)Oc1cccc(OC)c1. The third-order valence-corrected chi connectivity index (χ3v) is 5.78. The quantitative estimate of drug-likeness (QED) is 0.318. The number of carbonyl (C=O) groups is 1. The van der Waals surface area contributed by atoms with Crippen LogP contribution in [0.25, 0.3) is 0 Å². The van der Waals surface area contributed by atoms with Crippen molar-refractivity contribution >= 4 is 35.0 Å². The van der Waals surface area contributed by atoms with Crippen molar-refractivity contribution in [1.29, 1.82) is 0 Å². The molecule has 3 rings (SSSR count). The summed E-state index contributed by atoms with van der Waals surface area (Å²) >= 11 is 7.33. The Kier molecular flexibility index (Phi) is 8.19. The van der Waals surface area contributed by atoms with Crippen molar-refractivity contribution in [3.05, 3.63) is 71.5 Å². The number of benzene rings is 2. The number of nitrogens with zero attached hydrogens (tertiary/aromatic N) is 3. The summed E-state index contributed by atoms with van der Waals surface area (Å²) in [6, 6.07) is 12.7. The van der Waals surface area contributed by atoms with E-state index in [1.54, 1.807) is 25.3 Å². The molecule has 0 saturated heterocycles. The van der Waals surface area contributed by atoms with Crippen molar-refractivity contribution in [3.8, 4) is 11.5 Å². The maximum atomic E-state index is 12.5. The number of thioether (sulfide) groups is 1. The molecule has 0 aliphatic carbocycles. The predicted molar refractivity (Wildman–Crippen MR) is 128 cm³/mol. The highest BCUT2D eigenvalue weighted by Crippen LogP contribution is 2.27. The Balaban J connectivity index is 1.69. The summed E-state index contributed by atoms with van der Waals surface area (Å²) in [5, 5.41) is 12.6. The summed E-state index contributed by atoms with van der Waals surface area (Å²) in [5.41, 5.74) is 1.63. The average molecular weight is 473 g/mol. The van der Waals surface area contributed by atoms with Crippen LogP contribution in [0, 0.1) is 6.92 Å². The van der Waals surface area contributed by atoms with Crippen molar-refractivity contribution in [2.45, 2.75) is 31.7 Å². The molecule has 1 atom stereocenters. The number of carbonyl (C=O) groups excluding carboxylic acids is 1. The Bertz CT molecular complexity index is 1100. The highest BCUT2D eigenvalue weighted by Gasteiger charge is 2.20. The van der Waals surface area contributed by atoms with Gasteiger partial charge >= 0.3 is 0 Å². The summed E-state index contributed by atoms with van der Waals surface area (Å²) < 4.78 is 13.2. The first-order chi connectivity index (χ1) is 15.4. The van der Waals surface area contributed by atoms with Crippen LogP contribution in [0.2, 0.25) is 5.02 Å². The molecular formula is C23H25ClN4O3S. The first-order valence-electron chi connectivity index (χ1n) is 9.94. The van der Waals surface area contributed by atoms with Crippen LogP contribution in [0.5, 0.6) is 11.5 Å². The normalized spacial score (nSPS) is 11.6. The summed E-state index contributed by atoms with van der Waals surface area (Å²) in [4.78, 5) is 12.5. The third-order valence-electron chi connectivity index (χ3n) is 4.58. The van der Waals surface area contributed by atoms with Crippen LogP contribution in [0.4, 0.5) is 5.69 Å². The predicted octanol–water partition coefficient (Wildman–Crippen LogP) is 5.31. The highest BCUT2D eigenvalue weighted by molar-refractivity contribution is 7.99. The van der Waals surface area contributed by atoms with E-state index in [4.69, 9.17) is 21.1 Å². The molecule has 32 heavy (non-hydrogen) atoms. The van der Waals surface area contributed by atoms with Gasteiger partial charge in [-0.3, -0.25) is 9.36 Å². The van der Waals surface area contributed by atoms with Crippen molar-refractivity contribution in [3.63, 3.8) is 0 Å². The fraction of sp³-hybridized carbons (Fsp3) is 0.261. The number of amides is 1. The zero-order valence-corrected chi connectivity index (χ0v) is 19.7. The molecule has 0 fully saturated rings. The maximum Gasteiger partial charge on any atom is 0.234 e. The summed E-state index contributed by atoms with van der Waals surface area (Å²) in [5.74, 6) is 2.03. The van der Waals surface area contributed by atoms with E-state index in [1.165, 1.54) is 11.8 Å². The molecule has 3 aromatic rings. The number of ether oxygens (including phenoxy) is 2. The molecule has 1 N–H and O–H groups in total. The van der Waals surface area contributed by atoms with Crippen LogP contribution >= 0.6 is 23.4 Å². The van der Waals surface area contributed by atoms with Gasteiger partial charge < -0.3 is 14.8 Å². The summed E-state index contributed by atoms with van der Waals surface area (Å²) in [6.45, 7) is 8.12. The van der Waals surface area contributed by atoms with Crippen LogP contribution in [0.15, 0.2) is 60.3 Å². The topological polar surface area (TPSA) is 78.3 Å². The van der Waals surface area contributed by atoms with E-state index in [0.29, 0.717) is 39.7 Å². The first kappa shape index (κ1) is 23.7. The number of methoxy groups -OCH3 is 1. The third kappa shape index (κ3) is 6.05. The van der Waals surface area contributed by atoms with Gasteiger partial charge in [0.05, 0.1) is 12.9 Å². The zero-order valence-electron chi connectivity index (χ0n) is 18.2. The van der Waals surface area contributed by atoms with Crippen molar-refractivity contribution < 1.29 is 14.3 Å². The zero-order chi connectivity index (χ0) is 23.1. The van der Waals surface area contributed by atoms with Gasteiger partial charge in [-0.2, -0.15) is 0 Å². The smallest absolute Gasteiger partial charge is 0.234 e. The highest BCUT2D eigenvalue weighted by atomic mass is 35.5.